The zero-order chi connectivity index (χ0) is 24.2. The molecule has 1 heterocycles. The molecular weight excluding hydrogens is 434 g/mol. The minimum atomic E-state index is -2.59. The highest BCUT2D eigenvalue weighted by Crippen LogP contribution is 2.38. The second-order valence-electron chi connectivity index (χ2n) is 10.7. The van der Waals surface area contributed by atoms with Gasteiger partial charge in [0, 0.05) is 13.0 Å². The zero-order valence-electron chi connectivity index (χ0n) is 21.2. The third kappa shape index (κ3) is 4.82. The topological polar surface area (TPSA) is 39.9 Å². The number of aromatic nitrogens is 3. The Kier molecular flexibility index (Phi) is 7.53. The first-order valence-corrected chi connectivity index (χ1v) is 14.5. The first-order chi connectivity index (χ1) is 16.4. The van der Waals surface area contributed by atoms with Gasteiger partial charge in [0.1, 0.15) is 5.82 Å². The van der Waals surface area contributed by atoms with Gasteiger partial charge >= 0.3 is 0 Å². The smallest absolute Gasteiger partial charge is 0.261 e. The maximum atomic E-state index is 7.09. The highest BCUT2D eigenvalue weighted by atomic mass is 28.4. The first kappa shape index (κ1) is 24.6. The molecule has 1 fully saturated rings. The highest BCUT2D eigenvalue weighted by molar-refractivity contribution is 6.99. The van der Waals surface area contributed by atoms with Gasteiger partial charge in [-0.1, -0.05) is 87.5 Å². The van der Waals surface area contributed by atoms with Crippen molar-refractivity contribution in [2.24, 2.45) is 13.0 Å². The third-order valence-electron chi connectivity index (χ3n) is 7.55. The van der Waals surface area contributed by atoms with Crippen molar-refractivity contribution >= 4 is 18.7 Å². The van der Waals surface area contributed by atoms with Gasteiger partial charge in [-0.2, -0.15) is 0 Å². The van der Waals surface area contributed by atoms with Crippen LogP contribution < -0.4 is 10.4 Å². The summed E-state index contributed by atoms with van der Waals surface area (Å²) in [5, 5.41) is 11.8. The summed E-state index contributed by atoms with van der Waals surface area (Å²) >= 11 is 0. The summed E-state index contributed by atoms with van der Waals surface area (Å²) < 4.78 is 9.28. The fraction of sp³-hybridized carbons (Fsp3) is 0.448. The summed E-state index contributed by atoms with van der Waals surface area (Å²) in [7, 11) is -0.488. The predicted molar refractivity (Wildman–Crippen MR) is 143 cm³/mol. The number of nitrogens with zero attached hydrogens (tertiary/aromatic N) is 3. The largest absolute Gasteiger partial charge is 0.400 e. The van der Waals surface area contributed by atoms with Gasteiger partial charge in [0.25, 0.3) is 8.32 Å². The third-order valence-corrected chi connectivity index (χ3v) is 12.5. The summed E-state index contributed by atoms with van der Waals surface area (Å²) in [5.74, 6) is 3.29. The van der Waals surface area contributed by atoms with E-state index in [1.165, 1.54) is 36.1 Å². The van der Waals surface area contributed by atoms with Gasteiger partial charge in [-0.25, -0.2) is 0 Å². The second-order valence-corrected chi connectivity index (χ2v) is 15.0. The maximum absolute atomic E-state index is 7.09. The maximum Gasteiger partial charge on any atom is 0.261 e. The van der Waals surface area contributed by atoms with Crippen LogP contribution in [0.2, 0.25) is 5.04 Å². The molecule has 3 aromatic rings. The molecule has 1 aromatic heterocycles. The van der Waals surface area contributed by atoms with E-state index >= 15 is 0 Å². The molecule has 0 atom stereocenters. The summed E-state index contributed by atoms with van der Waals surface area (Å²) in [6.07, 6.45) is 8.05. The van der Waals surface area contributed by atoms with Gasteiger partial charge in [0.2, 0.25) is 0 Å². The molecule has 1 aliphatic rings. The van der Waals surface area contributed by atoms with Crippen molar-refractivity contribution in [2.75, 3.05) is 0 Å². The molecule has 0 N–H and O–H groups in total. The summed E-state index contributed by atoms with van der Waals surface area (Å²) in [5.41, 5.74) is 0. The van der Waals surface area contributed by atoms with Gasteiger partial charge in [0.15, 0.2) is 5.82 Å². The summed E-state index contributed by atoms with van der Waals surface area (Å²) in [4.78, 5) is 0. The standard InChI is InChI=1S/C29H39N3OSi/c1-6-13-23-18-20-24(21-19-23)28-31-30-27(32(28)5)22-33-34(29(2,3)4,25-14-9-7-10-15-25)26-16-11-8-12-17-26/h6-12,14-17,23-24H,1,13,18-22H2,2-5H3. The fourth-order valence-electron chi connectivity index (χ4n) is 5.68. The molecule has 0 amide bonds. The van der Waals surface area contributed by atoms with E-state index in [1.807, 2.05) is 0 Å². The fourth-order valence-corrected chi connectivity index (χ4v) is 10.2. The van der Waals surface area contributed by atoms with Crippen LogP contribution in [0.15, 0.2) is 73.3 Å². The molecule has 0 radical (unpaired) electrons. The van der Waals surface area contributed by atoms with E-state index in [-0.39, 0.29) is 5.04 Å². The molecule has 4 rings (SSSR count). The molecule has 0 unspecified atom stereocenters. The van der Waals surface area contributed by atoms with E-state index in [4.69, 9.17) is 4.43 Å². The van der Waals surface area contributed by atoms with Crippen molar-refractivity contribution in [1.82, 2.24) is 14.8 Å². The Morgan fingerprint density at radius 3 is 2.00 bits per heavy atom. The monoisotopic (exact) mass is 473 g/mol. The molecule has 0 spiro atoms. The quantitative estimate of drug-likeness (QED) is 0.309. The van der Waals surface area contributed by atoms with Gasteiger partial charge in [-0.05, 0) is 53.4 Å². The number of allylic oxidation sites excluding steroid dienone is 1. The van der Waals surface area contributed by atoms with E-state index in [9.17, 15) is 0 Å². The molecule has 1 aliphatic carbocycles. The Hall–Kier alpha value is -2.50. The second kappa shape index (κ2) is 10.4. The Balaban J connectivity index is 1.62. The number of benzene rings is 2. The van der Waals surface area contributed by atoms with E-state index < -0.39 is 8.32 Å². The lowest BCUT2D eigenvalue weighted by Crippen LogP contribution is -2.66. The first-order valence-electron chi connectivity index (χ1n) is 12.6. The van der Waals surface area contributed by atoms with Crippen molar-refractivity contribution in [2.45, 2.75) is 70.4 Å². The van der Waals surface area contributed by atoms with Crippen molar-refractivity contribution < 1.29 is 4.43 Å². The van der Waals surface area contributed by atoms with Crippen LogP contribution >= 0.6 is 0 Å². The minimum Gasteiger partial charge on any atom is -0.400 e. The zero-order valence-corrected chi connectivity index (χ0v) is 22.2. The summed E-state index contributed by atoms with van der Waals surface area (Å²) in [6, 6.07) is 21.6. The van der Waals surface area contributed by atoms with Gasteiger partial charge < -0.3 is 8.99 Å². The van der Waals surface area contributed by atoms with E-state index in [2.05, 4.69) is 116 Å². The molecule has 0 aliphatic heterocycles. The molecule has 4 nitrogen and oxygen atoms in total. The average Bonchev–Trinajstić information content (AvgIpc) is 3.21. The van der Waals surface area contributed by atoms with Crippen LogP contribution in [0.5, 0.6) is 0 Å². The van der Waals surface area contributed by atoms with Gasteiger partial charge in [-0.3, -0.25) is 0 Å². The lowest BCUT2D eigenvalue weighted by Gasteiger charge is -2.42. The summed E-state index contributed by atoms with van der Waals surface area (Å²) in [6.45, 7) is 11.3. The number of hydrogen-bond donors (Lipinski definition) is 0. The van der Waals surface area contributed by atoms with Crippen molar-refractivity contribution in [3.8, 4) is 0 Å². The number of rotatable bonds is 8. The highest BCUT2D eigenvalue weighted by Gasteiger charge is 2.50. The van der Waals surface area contributed by atoms with Crippen molar-refractivity contribution in [1.29, 1.82) is 0 Å². The van der Waals surface area contributed by atoms with Crippen LogP contribution in [0.25, 0.3) is 0 Å². The van der Waals surface area contributed by atoms with Crippen LogP contribution in [-0.2, 0) is 18.1 Å². The number of hydrogen-bond acceptors (Lipinski definition) is 3. The Labute approximate surface area is 206 Å². The van der Waals surface area contributed by atoms with Gasteiger partial charge in [-0.15, -0.1) is 16.8 Å². The molecule has 2 aromatic carbocycles. The molecule has 0 saturated heterocycles. The van der Waals surface area contributed by atoms with E-state index in [0.717, 1.165) is 24.0 Å². The average molecular weight is 474 g/mol. The molecule has 5 heteroatoms. The normalized spacial score (nSPS) is 19.2. The van der Waals surface area contributed by atoms with Crippen LogP contribution in [0.4, 0.5) is 0 Å². The molecule has 34 heavy (non-hydrogen) atoms. The molecule has 180 valence electrons. The lowest BCUT2D eigenvalue weighted by atomic mass is 9.80. The van der Waals surface area contributed by atoms with Gasteiger partial charge in [0.05, 0.1) is 6.61 Å². The minimum absolute atomic E-state index is 0.0549. The van der Waals surface area contributed by atoms with Crippen LogP contribution in [0.3, 0.4) is 0 Å². The predicted octanol–water partition coefficient (Wildman–Crippen LogP) is 5.74. The van der Waals surface area contributed by atoms with Crippen LogP contribution in [0, 0.1) is 5.92 Å². The van der Waals surface area contributed by atoms with Crippen LogP contribution in [0.1, 0.15) is 70.4 Å². The van der Waals surface area contributed by atoms with E-state index in [1.54, 1.807) is 0 Å². The lowest BCUT2D eigenvalue weighted by molar-refractivity contribution is 0.271. The molecule has 1 saturated carbocycles. The SMILES string of the molecule is C=CCC1CCC(c2nnc(CO[Si](c3ccccc3)(c3ccccc3)C(C)(C)C)n2C)CC1. The van der Waals surface area contributed by atoms with Crippen molar-refractivity contribution in [3.05, 3.63) is 85.0 Å². The van der Waals surface area contributed by atoms with E-state index in [0.29, 0.717) is 12.5 Å². The molecule has 0 bridgehead atoms. The van der Waals surface area contributed by atoms with Crippen LogP contribution in [-0.4, -0.2) is 23.1 Å². The Bertz CT molecular complexity index is 1020. The Morgan fingerprint density at radius 2 is 1.50 bits per heavy atom. The van der Waals surface area contributed by atoms with Crippen molar-refractivity contribution in [3.63, 3.8) is 0 Å². The molecular formula is C29H39N3OSi. The Morgan fingerprint density at radius 1 is 0.941 bits per heavy atom.